The maximum absolute atomic E-state index is 13.3. The van der Waals surface area contributed by atoms with Crippen LogP contribution in [-0.2, 0) is 20.4 Å². The Morgan fingerprint density at radius 2 is 1.83 bits per heavy atom. The number of aliphatic hydroxyl groups excluding tert-OH is 1. The minimum atomic E-state index is -4.82. The molecule has 1 aromatic heterocycles. The standard InChI is InChI=1S/C23H30F3N3O5S2/c1-22(31,23(24,25)26)17-4-6-18(7-5-17)29-9-8-28(36(32,33)21-3-2-12-35-21)14-19(29)13-27-10-11-34-16-20(27)15-30/h2-7,12,19-20,30-31H,8-11,13-16H2,1H3/t19-,20-,22-/m0/s1. The normalized spacial score (nSPS) is 24.6. The molecule has 13 heteroatoms. The summed E-state index contributed by atoms with van der Waals surface area (Å²) in [6.45, 7) is 3.19. The molecule has 0 saturated carbocycles. The second-order valence-electron chi connectivity index (χ2n) is 9.17. The zero-order valence-corrected chi connectivity index (χ0v) is 21.4. The Kier molecular flexibility index (Phi) is 8.01. The summed E-state index contributed by atoms with van der Waals surface area (Å²) in [7, 11) is -3.69. The molecule has 0 spiro atoms. The Bertz CT molecular complexity index is 1110. The predicted octanol–water partition coefficient (Wildman–Crippen LogP) is 2.09. The number of aliphatic hydroxyl groups is 2. The molecule has 0 aliphatic carbocycles. The van der Waals surface area contributed by atoms with Crippen LogP contribution < -0.4 is 4.90 Å². The van der Waals surface area contributed by atoms with Gasteiger partial charge in [-0.3, -0.25) is 4.90 Å². The Morgan fingerprint density at radius 1 is 1.11 bits per heavy atom. The lowest BCUT2D eigenvalue weighted by molar-refractivity contribution is -0.258. The van der Waals surface area contributed by atoms with E-state index in [1.807, 2.05) is 4.90 Å². The van der Waals surface area contributed by atoms with Gasteiger partial charge in [0.1, 0.15) is 4.21 Å². The Balaban J connectivity index is 1.61. The smallest absolute Gasteiger partial charge is 0.395 e. The summed E-state index contributed by atoms with van der Waals surface area (Å²) in [4.78, 5) is 4.04. The van der Waals surface area contributed by atoms with Crippen molar-refractivity contribution in [3.8, 4) is 0 Å². The highest BCUT2D eigenvalue weighted by Crippen LogP contribution is 2.39. The number of thiophene rings is 1. The number of benzene rings is 1. The van der Waals surface area contributed by atoms with Crippen LogP contribution in [0, 0.1) is 0 Å². The maximum Gasteiger partial charge on any atom is 0.421 e. The van der Waals surface area contributed by atoms with Crippen molar-refractivity contribution >= 4 is 27.0 Å². The lowest BCUT2D eigenvalue weighted by atomic mass is 9.95. The number of hydrogen-bond donors (Lipinski definition) is 2. The highest BCUT2D eigenvalue weighted by Gasteiger charge is 2.51. The van der Waals surface area contributed by atoms with Gasteiger partial charge in [0.2, 0.25) is 0 Å². The number of nitrogens with zero attached hydrogens (tertiary/aromatic N) is 3. The van der Waals surface area contributed by atoms with Gasteiger partial charge in [0.05, 0.1) is 31.9 Å². The van der Waals surface area contributed by atoms with Crippen molar-refractivity contribution in [2.45, 2.75) is 35.0 Å². The van der Waals surface area contributed by atoms with Crippen molar-refractivity contribution in [1.82, 2.24) is 9.21 Å². The molecule has 0 radical (unpaired) electrons. The second kappa shape index (κ2) is 10.6. The van der Waals surface area contributed by atoms with Crippen LogP contribution in [0.5, 0.6) is 0 Å². The second-order valence-corrected chi connectivity index (χ2v) is 12.3. The molecule has 3 atom stereocenters. The van der Waals surface area contributed by atoms with Crippen LogP contribution in [0.4, 0.5) is 18.9 Å². The summed E-state index contributed by atoms with van der Waals surface area (Å²) < 4.78 is 73.4. The Labute approximate surface area is 212 Å². The van der Waals surface area contributed by atoms with Gasteiger partial charge < -0.3 is 19.8 Å². The number of hydrogen-bond acceptors (Lipinski definition) is 8. The lowest BCUT2D eigenvalue weighted by Crippen LogP contribution is -2.60. The summed E-state index contributed by atoms with van der Waals surface area (Å²) >= 11 is 1.15. The minimum Gasteiger partial charge on any atom is -0.395 e. The number of piperazine rings is 1. The largest absolute Gasteiger partial charge is 0.421 e. The van der Waals surface area contributed by atoms with Gasteiger partial charge in [0, 0.05) is 38.4 Å². The summed E-state index contributed by atoms with van der Waals surface area (Å²) in [5, 5.41) is 21.5. The molecule has 0 amide bonds. The van der Waals surface area contributed by atoms with E-state index >= 15 is 0 Å². The molecule has 2 saturated heterocycles. The zero-order chi connectivity index (χ0) is 26.1. The van der Waals surface area contributed by atoms with Crippen LogP contribution in [0.3, 0.4) is 0 Å². The number of anilines is 1. The molecule has 4 rings (SSSR count). The molecule has 0 bridgehead atoms. The van der Waals surface area contributed by atoms with Gasteiger partial charge in [-0.05, 0) is 36.1 Å². The molecule has 2 fully saturated rings. The first-order valence-corrected chi connectivity index (χ1v) is 13.9. The quantitative estimate of drug-likeness (QED) is 0.547. The summed E-state index contributed by atoms with van der Waals surface area (Å²) in [6.07, 6.45) is -4.82. The molecular weight excluding hydrogens is 519 g/mol. The number of morpholine rings is 1. The summed E-state index contributed by atoms with van der Waals surface area (Å²) in [5.41, 5.74) is -2.63. The van der Waals surface area contributed by atoms with Crippen LogP contribution in [-0.4, -0.2) is 98.6 Å². The maximum atomic E-state index is 13.3. The van der Waals surface area contributed by atoms with Crippen LogP contribution >= 0.6 is 11.3 Å². The van der Waals surface area contributed by atoms with E-state index in [0.29, 0.717) is 45.5 Å². The third kappa shape index (κ3) is 5.42. The number of halogens is 3. The number of rotatable bonds is 7. The third-order valence-electron chi connectivity index (χ3n) is 6.85. The highest BCUT2D eigenvalue weighted by atomic mass is 32.2. The summed E-state index contributed by atoms with van der Waals surface area (Å²) in [6, 6.07) is 8.24. The average Bonchev–Trinajstić information content (AvgIpc) is 3.40. The first kappa shape index (κ1) is 27.3. The van der Waals surface area contributed by atoms with Crippen molar-refractivity contribution < 1.29 is 36.5 Å². The van der Waals surface area contributed by atoms with Crippen LogP contribution in [0.25, 0.3) is 0 Å². The predicted molar refractivity (Wildman–Crippen MR) is 130 cm³/mol. The molecule has 3 heterocycles. The van der Waals surface area contributed by atoms with Gasteiger partial charge in [0.25, 0.3) is 10.0 Å². The van der Waals surface area contributed by atoms with Gasteiger partial charge in [0.15, 0.2) is 5.60 Å². The van der Waals surface area contributed by atoms with E-state index in [4.69, 9.17) is 4.74 Å². The Hall–Kier alpha value is -1.74. The topological polar surface area (TPSA) is 93.6 Å². The number of sulfonamides is 1. The first-order valence-electron chi connectivity index (χ1n) is 11.6. The van der Waals surface area contributed by atoms with E-state index in [1.165, 1.54) is 28.6 Å². The molecule has 2 aliphatic rings. The van der Waals surface area contributed by atoms with Crippen molar-refractivity contribution in [3.63, 3.8) is 0 Å². The van der Waals surface area contributed by atoms with Crippen molar-refractivity contribution in [2.75, 3.05) is 57.4 Å². The van der Waals surface area contributed by atoms with Gasteiger partial charge in [-0.1, -0.05) is 18.2 Å². The molecule has 2 aliphatic heterocycles. The first-order chi connectivity index (χ1) is 16.9. The van der Waals surface area contributed by atoms with Gasteiger partial charge in [-0.15, -0.1) is 11.3 Å². The molecule has 200 valence electrons. The molecule has 36 heavy (non-hydrogen) atoms. The lowest BCUT2D eigenvalue weighted by Gasteiger charge is -2.45. The SMILES string of the molecule is C[C@](O)(c1ccc(N2CCN(S(=O)(=O)c3cccs3)C[C@@H]2CN2CCOC[C@@H]2CO)cc1)C(F)(F)F. The Morgan fingerprint density at radius 3 is 2.44 bits per heavy atom. The zero-order valence-electron chi connectivity index (χ0n) is 19.8. The minimum absolute atomic E-state index is 0.106. The van der Waals surface area contributed by atoms with E-state index in [0.717, 1.165) is 11.3 Å². The molecule has 2 N–H and O–H groups in total. The van der Waals surface area contributed by atoms with E-state index < -0.39 is 21.8 Å². The number of alkyl halides is 3. The van der Waals surface area contributed by atoms with Crippen LogP contribution in [0.15, 0.2) is 46.0 Å². The van der Waals surface area contributed by atoms with Crippen molar-refractivity contribution in [2.24, 2.45) is 0 Å². The van der Waals surface area contributed by atoms with E-state index in [9.17, 15) is 31.8 Å². The molecular formula is C23H30F3N3O5S2. The van der Waals surface area contributed by atoms with Crippen LogP contribution in [0.2, 0.25) is 0 Å². The van der Waals surface area contributed by atoms with Gasteiger partial charge in [-0.2, -0.15) is 17.5 Å². The van der Waals surface area contributed by atoms with Crippen molar-refractivity contribution in [3.05, 3.63) is 47.3 Å². The average molecular weight is 550 g/mol. The third-order valence-corrected chi connectivity index (χ3v) is 10.1. The van der Waals surface area contributed by atoms with E-state index in [1.54, 1.807) is 17.5 Å². The fraction of sp³-hybridized carbons (Fsp3) is 0.565. The fourth-order valence-electron chi connectivity index (χ4n) is 4.59. The summed E-state index contributed by atoms with van der Waals surface area (Å²) in [5.74, 6) is 0. The van der Waals surface area contributed by atoms with E-state index in [2.05, 4.69) is 4.90 Å². The molecule has 2 aromatic rings. The number of ether oxygens (including phenoxy) is 1. The van der Waals surface area contributed by atoms with Gasteiger partial charge >= 0.3 is 6.18 Å². The molecule has 1 aromatic carbocycles. The van der Waals surface area contributed by atoms with Gasteiger partial charge in [-0.25, -0.2) is 8.42 Å². The van der Waals surface area contributed by atoms with E-state index in [-0.39, 0.29) is 41.6 Å². The molecule has 0 unspecified atom stereocenters. The highest BCUT2D eigenvalue weighted by molar-refractivity contribution is 7.91. The van der Waals surface area contributed by atoms with Crippen molar-refractivity contribution in [1.29, 1.82) is 0 Å². The fourth-order valence-corrected chi connectivity index (χ4v) is 7.20. The molecule has 8 nitrogen and oxygen atoms in total. The van der Waals surface area contributed by atoms with Crippen LogP contribution in [0.1, 0.15) is 12.5 Å². The monoisotopic (exact) mass is 549 g/mol.